The number of aliphatic hydroxyl groups excluding tert-OH is 1. The number of rotatable bonds is 10. The van der Waals surface area contributed by atoms with Gasteiger partial charge in [-0.15, -0.1) is 11.8 Å². The lowest BCUT2D eigenvalue weighted by atomic mass is 10.1. The molecule has 1 aliphatic rings. The first-order chi connectivity index (χ1) is 16.9. The maximum Gasteiger partial charge on any atom is 0.380 e. The zero-order valence-corrected chi connectivity index (χ0v) is 22.7. The van der Waals surface area contributed by atoms with Gasteiger partial charge in [-0.05, 0) is 51.1 Å². The van der Waals surface area contributed by atoms with Gasteiger partial charge in [0, 0.05) is 16.9 Å². The number of carbonyl (C=O) groups is 1. The number of hydrogen-bond donors (Lipinski definition) is 1. The zero-order chi connectivity index (χ0) is 26.6. The summed E-state index contributed by atoms with van der Waals surface area (Å²) in [5.74, 6) is -1.20. The number of ether oxygens (including phenoxy) is 1. The Balaban J connectivity index is 1.76. The monoisotopic (exact) mass is 562 g/mol. The number of aryl methyl sites for hydroxylation is 1. The first kappa shape index (κ1) is 28.7. The van der Waals surface area contributed by atoms with Gasteiger partial charge in [0.15, 0.2) is 6.17 Å². The summed E-state index contributed by atoms with van der Waals surface area (Å²) in [6.07, 6.45) is -2.54. The van der Waals surface area contributed by atoms with Crippen LogP contribution in [0.15, 0.2) is 41.3 Å². The first-order valence-corrected chi connectivity index (χ1v) is 14.4. The molecular weight excluding hydrogens is 534 g/mol. The predicted octanol–water partition coefficient (Wildman–Crippen LogP) is 4.39. The summed E-state index contributed by atoms with van der Waals surface area (Å²) < 4.78 is 46.3. The molecule has 1 aliphatic heterocycles. The van der Waals surface area contributed by atoms with Crippen LogP contribution in [0.3, 0.4) is 0 Å². The average Bonchev–Trinajstić information content (AvgIpc) is 3.07. The van der Waals surface area contributed by atoms with E-state index < -0.39 is 48.1 Å². The highest BCUT2D eigenvalue weighted by Gasteiger charge is 2.46. The average molecular weight is 563 g/mol. The van der Waals surface area contributed by atoms with Crippen molar-refractivity contribution < 1.29 is 32.6 Å². The second kappa shape index (κ2) is 12.1. The van der Waals surface area contributed by atoms with E-state index >= 15 is 0 Å². The normalized spacial score (nSPS) is 24.3. The lowest BCUT2D eigenvalue weighted by Crippen LogP contribution is -2.33. The standard InChI is InChI=1S/C23H29ClFN2O7PS/c1-13(2)33-22(29)14(3)12-35(31,34-17-7-5-16(24)6-8-17)32-11-18-20(28)19(25)21(36-18)27-10-9-15(4)26-23(27)30/h5-10,13-14,18-21,28H,11-12H2,1-4H3/t14-,18-,19+,20-,21-,35?/m1/s1. The van der Waals surface area contributed by atoms with Crippen LogP contribution in [-0.4, -0.2) is 57.0 Å². The molecule has 0 radical (unpaired) electrons. The number of nitrogens with zero attached hydrogens (tertiary/aromatic N) is 2. The molecule has 36 heavy (non-hydrogen) atoms. The Bertz CT molecular complexity index is 1170. The molecule has 198 valence electrons. The van der Waals surface area contributed by atoms with Crippen molar-refractivity contribution in [3.63, 3.8) is 0 Å². The van der Waals surface area contributed by atoms with Gasteiger partial charge in [-0.1, -0.05) is 18.5 Å². The largest absolute Gasteiger partial charge is 0.463 e. The molecule has 9 nitrogen and oxygen atoms in total. The summed E-state index contributed by atoms with van der Waals surface area (Å²) in [5.41, 5.74) is -0.154. The van der Waals surface area contributed by atoms with Gasteiger partial charge in [0.1, 0.15) is 17.2 Å². The number of carbonyl (C=O) groups excluding carboxylic acids is 1. The molecule has 1 fully saturated rings. The second-order valence-electron chi connectivity index (χ2n) is 8.78. The molecular formula is C23H29ClFN2O7PS. The maximum atomic E-state index is 15.0. The number of halogens is 2. The summed E-state index contributed by atoms with van der Waals surface area (Å²) in [4.78, 5) is 28.4. The lowest BCUT2D eigenvalue weighted by Gasteiger charge is -2.24. The molecule has 1 aromatic carbocycles. The Morgan fingerprint density at radius 2 is 1.94 bits per heavy atom. The number of benzene rings is 1. The Kier molecular flexibility index (Phi) is 9.62. The molecule has 3 rings (SSSR count). The molecule has 0 spiro atoms. The summed E-state index contributed by atoms with van der Waals surface area (Å²) in [6.45, 7) is 6.22. The molecule has 13 heteroatoms. The Morgan fingerprint density at radius 1 is 1.28 bits per heavy atom. The highest BCUT2D eigenvalue weighted by molar-refractivity contribution is 8.00. The van der Waals surface area contributed by atoms with E-state index in [-0.39, 0.29) is 24.6 Å². The van der Waals surface area contributed by atoms with Gasteiger partial charge in [0.05, 0.1) is 30.0 Å². The quantitative estimate of drug-likeness (QED) is 0.332. The SMILES string of the molecule is Cc1ccn([C@@H]2S[C@H](COP(=O)(C[C@@H](C)C(=O)OC(C)C)Oc3ccc(Cl)cc3)[C@@H](O)[C@@H]2F)c(=O)n1. The van der Waals surface area contributed by atoms with E-state index in [4.69, 9.17) is 25.4 Å². The van der Waals surface area contributed by atoms with E-state index in [2.05, 4.69) is 4.98 Å². The van der Waals surface area contributed by atoms with Crippen molar-refractivity contribution in [1.82, 2.24) is 9.55 Å². The number of esters is 1. The molecule has 1 N–H and O–H groups in total. The van der Waals surface area contributed by atoms with Gasteiger partial charge in [-0.2, -0.15) is 4.98 Å². The number of aliphatic hydroxyl groups is 1. The van der Waals surface area contributed by atoms with Crippen molar-refractivity contribution in [3.8, 4) is 5.75 Å². The lowest BCUT2D eigenvalue weighted by molar-refractivity contribution is -0.151. The molecule has 0 bridgehead atoms. The van der Waals surface area contributed by atoms with E-state index in [1.165, 1.54) is 25.3 Å². The summed E-state index contributed by atoms with van der Waals surface area (Å²) in [7, 11) is -3.99. The maximum absolute atomic E-state index is 15.0. The van der Waals surface area contributed by atoms with Crippen molar-refractivity contribution in [2.24, 2.45) is 5.92 Å². The highest BCUT2D eigenvalue weighted by atomic mass is 35.5. The van der Waals surface area contributed by atoms with E-state index in [0.717, 1.165) is 16.3 Å². The molecule has 6 atom stereocenters. The molecule has 0 saturated carbocycles. The van der Waals surface area contributed by atoms with E-state index in [0.29, 0.717) is 10.7 Å². The van der Waals surface area contributed by atoms with Crippen LogP contribution in [0.25, 0.3) is 0 Å². The third-order valence-corrected chi connectivity index (χ3v) is 9.09. The van der Waals surface area contributed by atoms with E-state index in [9.17, 15) is 23.7 Å². The molecule has 2 heterocycles. The third kappa shape index (κ3) is 7.32. The van der Waals surface area contributed by atoms with Crippen molar-refractivity contribution in [2.45, 2.75) is 56.7 Å². The smallest absolute Gasteiger partial charge is 0.380 e. The minimum absolute atomic E-state index is 0.199. The Labute approximate surface area is 217 Å². The fourth-order valence-corrected chi connectivity index (χ4v) is 7.00. The number of aromatic nitrogens is 2. The second-order valence-corrected chi connectivity index (χ2v) is 12.6. The Morgan fingerprint density at radius 3 is 2.56 bits per heavy atom. The molecule has 0 amide bonds. The molecule has 1 saturated heterocycles. The first-order valence-electron chi connectivity index (χ1n) is 11.3. The summed E-state index contributed by atoms with van der Waals surface area (Å²) in [5, 5.41) is 9.03. The minimum atomic E-state index is -3.99. The van der Waals surface area contributed by atoms with E-state index in [1.54, 1.807) is 39.0 Å². The molecule has 1 aromatic heterocycles. The van der Waals surface area contributed by atoms with Crippen molar-refractivity contribution in [1.29, 1.82) is 0 Å². The van der Waals surface area contributed by atoms with Crippen molar-refractivity contribution in [2.75, 3.05) is 12.8 Å². The van der Waals surface area contributed by atoms with Crippen LogP contribution in [0.5, 0.6) is 5.75 Å². The van der Waals surface area contributed by atoms with Gasteiger partial charge in [-0.3, -0.25) is 13.9 Å². The topological polar surface area (TPSA) is 117 Å². The van der Waals surface area contributed by atoms with Gasteiger partial charge < -0.3 is 14.4 Å². The van der Waals surface area contributed by atoms with Crippen molar-refractivity contribution >= 4 is 36.9 Å². The van der Waals surface area contributed by atoms with Crippen LogP contribution < -0.4 is 10.2 Å². The number of alkyl halides is 1. The molecule has 0 aliphatic carbocycles. The zero-order valence-electron chi connectivity index (χ0n) is 20.2. The minimum Gasteiger partial charge on any atom is -0.463 e. The van der Waals surface area contributed by atoms with Crippen molar-refractivity contribution in [3.05, 3.63) is 57.7 Å². The number of hydrogen-bond acceptors (Lipinski definition) is 9. The van der Waals surface area contributed by atoms with Gasteiger partial charge >= 0.3 is 19.3 Å². The van der Waals surface area contributed by atoms with Crippen LogP contribution in [0.1, 0.15) is 31.8 Å². The Hall–Kier alpha value is -1.91. The molecule has 2 aromatic rings. The third-order valence-electron chi connectivity index (χ3n) is 5.28. The fourth-order valence-electron chi connectivity index (χ4n) is 3.47. The van der Waals surface area contributed by atoms with Gasteiger partial charge in [0.2, 0.25) is 0 Å². The number of thioether (sulfide) groups is 1. The highest BCUT2D eigenvalue weighted by Crippen LogP contribution is 2.52. The van der Waals surface area contributed by atoms with Gasteiger partial charge in [-0.25, -0.2) is 13.8 Å². The fraction of sp³-hybridized carbons (Fsp3) is 0.522. The predicted molar refractivity (Wildman–Crippen MR) is 135 cm³/mol. The van der Waals surface area contributed by atoms with Crippen LogP contribution in [0.2, 0.25) is 5.02 Å². The summed E-state index contributed by atoms with van der Waals surface area (Å²) >= 11 is 6.88. The van der Waals surface area contributed by atoms with E-state index in [1.807, 2.05) is 0 Å². The van der Waals surface area contributed by atoms with Crippen LogP contribution in [-0.2, 0) is 18.6 Å². The summed E-state index contributed by atoms with van der Waals surface area (Å²) in [6, 6.07) is 7.65. The van der Waals surface area contributed by atoms with Crippen LogP contribution in [0.4, 0.5) is 4.39 Å². The van der Waals surface area contributed by atoms with Crippen LogP contribution in [0, 0.1) is 12.8 Å². The molecule has 1 unspecified atom stereocenters. The van der Waals surface area contributed by atoms with Gasteiger partial charge in [0.25, 0.3) is 0 Å². The van der Waals surface area contributed by atoms with Crippen LogP contribution >= 0.6 is 31.0 Å².